The molecule has 0 atom stereocenters. The molecule has 0 radical (unpaired) electrons. The van der Waals surface area contributed by atoms with Crippen LogP contribution in [0.5, 0.6) is 0 Å². The van der Waals surface area contributed by atoms with Gasteiger partial charge in [0.2, 0.25) is 10.0 Å². The molecule has 0 spiro atoms. The average Bonchev–Trinajstić information content (AvgIpc) is 2.82. The SMILES string of the molecule is CN/C(C)=C(\C=N)CN1CCN(c2nccnc2-c2ccc(CCNS(C)(=O)=O)cc2)CC1. The van der Waals surface area contributed by atoms with Crippen LogP contribution in [0.1, 0.15) is 12.5 Å². The number of nitrogens with one attached hydrogen (secondary N) is 3. The van der Waals surface area contributed by atoms with Gasteiger partial charge in [-0.25, -0.2) is 18.1 Å². The highest BCUT2D eigenvalue weighted by Gasteiger charge is 2.22. The van der Waals surface area contributed by atoms with Gasteiger partial charge in [-0.05, 0) is 18.9 Å². The van der Waals surface area contributed by atoms with E-state index in [0.29, 0.717) is 13.0 Å². The molecule has 1 aliphatic rings. The van der Waals surface area contributed by atoms with Crippen molar-refractivity contribution in [2.45, 2.75) is 13.3 Å². The van der Waals surface area contributed by atoms with Crippen molar-refractivity contribution in [2.24, 2.45) is 0 Å². The Kier molecular flexibility index (Phi) is 8.54. The molecule has 1 saturated heterocycles. The summed E-state index contributed by atoms with van der Waals surface area (Å²) >= 11 is 0. The molecule has 0 unspecified atom stereocenters. The van der Waals surface area contributed by atoms with Crippen molar-refractivity contribution >= 4 is 22.1 Å². The summed E-state index contributed by atoms with van der Waals surface area (Å²) < 4.78 is 25.0. The highest BCUT2D eigenvalue weighted by molar-refractivity contribution is 7.88. The summed E-state index contributed by atoms with van der Waals surface area (Å²) in [6.07, 6.45) is 6.66. The number of nitrogens with zero attached hydrogens (tertiary/aromatic N) is 4. The second kappa shape index (κ2) is 11.4. The van der Waals surface area contributed by atoms with E-state index in [1.807, 2.05) is 38.2 Å². The van der Waals surface area contributed by atoms with Gasteiger partial charge in [-0.15, -0.1) is 0 Å². The van der Waals surface area contributed by atoms with E-state index in [9.17, 15) is 8.42 Å². The van der Waals surface area contributed by atoms with Crippen LogP contribution >= 0.6 is 0 Å². The fourth-order valence-electron chi connectivity index (χ4n) is 3.77. The number of anilines is 1. The van der Waals surface area contributed by atoms with Crippen LogP contribution in [0.25, 0.3) is 11.3 Å². The van der Waals surface area contributed by atoms with Crippen molar-refractivity contribution in [3.05, 3.63) is 53.5 Å². The van der Waals surface area contributed by atoms with Gasteiger partial charge in [-0.1, -0.05) is 24.3 Å². The van der Waals surface area contributed by atoms with Crippen LogP contribution in [0, 0.1) is 5.41 Å². The lowest BCUT2D eigenvalue weighted by Gasteiger charge is -2.36. The van der Waals surface area contributed by atoms with Crippen molar-refractivity contribution in [3.63, 3.8) is 0 Å². The van der Waals surface area contributed by atoms with Crippen molar-refractivity contribution in [1.82, 2.24) is 24.9 Å². The van der Waals surface area contributed by atoms with Crippen LogP contribution in [0.3, 0.4) is 0 Å². The van der Waals surface area contributed by atoms with E-state index in [1.165, 1.54) is 12.5 Å². The predicted molar refractivity (Wildman–Crippen MR) is 133 cm³/mol. The summed E-state index contributed by atoms with van der Waals surface area (Å²) in [5, 5.41) is 10.8. The van der Waals surface area contributed by atoms with Crippen molar-refractivity contribution < 1.29 is 8.42 Å². The first-order valence-electron chi connectivity index (χ1n) is 11.0. The lowest BCUT2D eigenvalue weighted by Crippen LogP contribution is -2.47. The van der Waals surface area contributed by atoms with Gasteiger partial charge in [0.15, 0.2) is 5.82 Å². The van der Waals surface area contributed by atoms with E-state index in [0.717, 1.165) is 66.6 Å². The Balaban J connectivity index is 1.66. The lowest BCUT2D eigenvalue weighted by molar-refractivity contribution is 0.280. The van der Waals surface area contributed by atoms with Crippen LogP contribution in [-0.2, 0) is 16.4 Å². The zero-order chi connectivity index (χ0) is 23.8. The number of rotatable bonds is 10. The first kappa shape index (κ1) is 24.8. The van der Waals surface area contributed by atoms with Crippen LogP contribution in [0.15, 0.2) is 47.9 Å². The number of sulfonamides is 1. The van der Waals surface area contributed by atoms with E-state index in [-0.39, 0.29) is 0 Å². The number of allylic oxidation sites excluding steroid dienone is 1. The molecule has 1 fully saturated rings. The van der Waals surface area contributed by atoms with Gasteiger partial charge < -0.3 is 15.6 Å². The third-order valence-electron chi connectivity index (χ3n) is 5.78. The normalized spacial score (nSPS) is 15.8. The summed E-state index contributed by atoms with van der Waals surface area (Å²) in [7, 11) is -1.30. The first-order valence-corrected chi connectivity index (χ1v) is 12.9. The van der Waals surface area contributed by atoms with E-state index < -0.39 is 10.0 Å². The molecule has 0 amide bonds. The zero-order valence-electron chi connectivity index (χ0n) is 19.5. The Morgan fingerprint density at radius 1 is 1.12 bits per heavy atom. The number of hydrogen-bond acceptors (Lipinski definition) is 8. The van der Waals surface area contributed by atoms with Gasteiger partial charge in [0.25, 0.3) is 0 Å². The Labute approximate surface area is 196 Å². The maximum atomic E-state index is 11.2. The summed E-state index contributed by atoms with van der Waals surface area (Å²) in [6, 6.07) is 8.04. The third-order valence-corrected chi connectivity index (χ3v) is 6.51. The molecular weight excluding hydrogens is 438 g/mol. The van der Waals surface area contributed by atoms with Crippen LogP contribution in [-0.4, -0.2) is 82.1 Å². The van der Waals surface area contributed by atoms with Gasteiger partial charge in [-0.2, -0.15) is 0 Å². The number of aromatic nitrogens is 2. The highest BCUT2D eigenvalue weighted by atomic mass is 32.2. The number of piperazine rings is 1. The maximum Gasteiger partial charge on any atom is 0.208 e. The summed E-state index contributed by atoms with van der Waals surface area (Å²) in [6.45, 7) is 6.58. The Morgan fingerprint density at radius 3 is 2.39 bits per heavy atom. The molecule has 1 aliphatic heterocycles. The Morgan fingerprint density at radius 2 is 1.79 bits per heavy atom. The van der Waals surface area contributed by atoms with E-state index >= 15 is 0 Å². The molecule has 1 aromatic carbocycles. The van der Waals surface area contributed by atoms with Crippen molar-refractivity contribution in [1.29, 1.82) is 5.41 Å². The molecule has 2 heterocycles. The smallest absolute Gasteiger partial charge is 0.208 e. The van der Waals surface area contributed by atoms with Crippen molar-refractivity contribution in [3.8, 4) is 11.3 Å². The van der Waals surface area contributed by atoms with Gasteiger partial charge >= 0.3 is 0 Å². The molecule has 3 rings (SSSR count). The van der Waals surface area contributed by atoms with Gasteiger partial charge in [0.1, 0.15) is 5.69 Å². The predicted octanol–water partition coefficient (Wildman–Crippen LogP) is 1.50. The first-order chi connectivity index (χ1) is 15.8. The van der Waals surface area contributed by atoms with E-state index in [1.54, 1.807) is 12.4 Å². The van der Waals surface area contributed by atoms with E-state index in [4.69, 9.17) is 5.41 Å². The van der Waals surface area contributed by atoms with Crippen LogP contribution in [0.2, 0.25) is 0 Å². The minimum Gasteiger partial charge on any atom is -0.391 e. The monoisotopic (exact) mass is 471 g/mol. The molecule has 0 bridgehead atoms. The molecule has 9 nitrogen and oxygen atoms in total. The minimum atomic E-state index is -3.18. The van der Waals surface area contributed by atoms with Gasteiger partial charge in [0, 0.05) is 81.8 Å². The summed E-state index contributed by atoms with van der Waals surface area (Å²) in [4.78, 5) is 13.9. The fraction of sp³-hybridized carbons (Fsp3) is 0.435. The summed E-state index contributed by atoms with van der Waals surface area (Å²) in [5.74, 6) is 0.873. The molecule has 0 aliphatic carbocycles. The topological polar surface area (TPSA) is 114 Å². The van der Waals surface area contributed by atoms with Crippen LogP contribution in [0.4, 0.5) is 5.82 Å². The minimum absolute atomic E-state index is 0.377. The second-order valence-corrected chi connectivity index (χ2v) is 9.98. The summed E-state index contributed by atoms with van der Waals surface area (Å²) in [5.41, 5.74) is 4.91. The number of benzene rings is 1. The molecule has 2 aromatic rings. The Bertz CT molecular complexity index is 1080. The van der Waals surface area contributed by atoms with Crippen molar-refractivity contribution in [2.75, 3.05) is 57.5 Å². The Hall–Kier alpha value is -2.82. The van der Waals surface area contributed by atoms with Crippen LogP contribution < -0.4 is 14.9 Å². The highest BCUT2D eigenvalue weighted by Crippen LogP contribution is 2.27. The quantitative estimate of drug-likeness (QED) is 0.450. The fourth-order valence-corrected chi connectivity index (χ4v) is 4.24. The molecule has 1 aromatic heterocycles. The lowest BCUT2D eigenvalue weighted by atomic mass is 10.1. The third kappa shape index (κ3) is 7.08. The largest absolute Gasteiger partial charge is 0.391 e. The molecule has 0 saturated carbocycles. The van der Waals surface area contributed by atoms with Gasteiger partial charge in [0.05, 0.1) is 6.26 Å². The zero-order valence-corrected chi connectivity index (χ0v) is 20.3. The second-order valence-electron chi connectivity index (χ2n) is 8.15. The standard InChI is InChI=1S/C23H33N7O2S/c1-18(25-2)21(16-24)17-29-12-14-30(15-13-29)23-22(26-10-11-27-23)20-6-4-19(5-7-20)8-9-28-33(3,31)32/h4-7,10-11,16,24-25,28H,8-9,12-15,17H2,1-3H3/b21-18+,24-16?. The maximum absolute atomic E-state index is 11.2. The number of hydrogen-bond donors (Lipinski definition) is 3. The molecule has 33 heavy (non-hydrogen) atoms. The van der Waals surface area contributed by atoms with E-state index in [2.05, 4.69) is 29.8 Å². The molecule has 178 valence electrons. The molecular formula is C23H33N7O2S. The molecule has 3 N–H and O–H groups in total. The molecule has 10 heteroatoms. The van der Waals surface area contributed by atoms with Gasteiger partial charge in [-0.3, -0.25) is 9.88 Å². The average molecular weight is 472 g/mol.